The number of sulfone groups is 1. The van der Waals surface area contributed by atoms with Crippen LogP contribution < -0.4 is 16.0 Å². The van der Waals surface area contributed by atoms with Crippen LogP contribution in [0.3, 0.4) is 0 Å². The zero-order valence-corrected chi connectivity index (χ0v) is 19.3. The van der Waals surface area contributed by atoms with Gasteiger partial charge in [0, 0.05) is 51.2 Å². The smallest absolute Gasteiger partial charge is 0.222 e. The number of amides is 1. The Morgan fingerprint density at radius 3 is 2.58 bits per heavy atom. The molecule has 1 aromatic rings. The number of hydrogen-bond donors (Lipinski definition) is 3. The second kappa shape index (κ2) is 10.9. The van der Waals surface area contributed by atoms with Gasteiger partial charge in [0.1, 0.15) is 0 Å². The summed E-state index contributed by atoms with van der Waals surface area (Å²) in [5, 5.41) is 9.49. The zero-order valence-electron chi connectivity index (χ0n) is 18.5. The lowest BCUT2D eigenvalue weighted by Crippen LogP contribution is -2.51. The molecule has 9 heteroatoms. The zero-order chi connectivity index (χ0) is 22.3. The van der Waals surface area contributed by atoms with Gasteiger partial charge in [0.15, 0.2) is 15.8 Å². The van der Waals surface area contributed by atoms with Crippen LogP contribution in [0, 0.1) is 0 Å². The summed E-state index contributed by atoms with van der Waals surface area (Å²) in [4.78, 5) is 18.9. The highest BCUT2D eigenvalue weighted by molar-refractivity contribution is 7.91. The minimum Gasteiger partial charge on any atom is -0.356 e. The van der Waals surface area contributed by atoms with Crippen molar-refractivity contribution in [3.05, 3.63) is 35.9 Å². The van der Waals surface area contributed by atoms with Gasteiger partial charge in [-0.05, 0) is 31.7 Å². The molecular formula is C22H35N5O3S. The van der Waals surface area contributed by atoms with Gasteiger partial charge in [-0.3, -0.25) is 14.7 Å². The second-order valence-electron chi connectivity index (χ2n) is 8.59. The Bertz CT molecular complexity index is 859. The molecule has 0 saturated carbocycles. The van der Waals surface area contributed by atoms with Crippen molar-refractivity contribution in [2.75, 3.05) is 31.6 Å². The molecule has 172 valence electrons. The van der Waals surface area contributed by atoms with E-state index in [9.17, 15) is 13.2 Å². The molecule has 3 unspecified atom stereocenters. The first-order chi connectivity index (χ1) is 14.8. The summed E-state index contributed by atoms with van der Waals surface area (Å²) in [7, 11) is -1.26. The lowest BCUT2D eigenvalue weighted by molar-refractivity contribution is -0.121. The van der Waals surface area contributed by atoms with Crippen molar-refractivity contribution in [2.24, 2.45) is 4.99 Å². The number of likely N-dealkylation sites (tertiary alicyclic amines) is 1. The fourth-order valence-corrected chi connectivity index (χ4v) is 5.97. The summed E-state index contributed by atoms with van der Waals surface area (Å²) in [6.45, 7) is 4.71. The van der Waals surface area contributed by atoms with Gasteiger partial charge in [0.05, 0.1) is 11.5 Å². The molecule has 0 aromatic heterocycles. The Kier molecular flexibility index (Phi) is 8.31. The molecule has 31 heavy (non-hydrogen) atoms. The molecule has 2 aliphatic heterocycles. The topological polar surface area (TPSA) is 103 Å². The van der Waals surface area contributed by atoms with Crippen molar-refractivity contribution in [3.8, 4) is 0 Å². The highest BCUT2D eigenvalue weighted by atomic mass is 32.2. The first-order valence-corrected chi connectivity index (χ1v) is 12.9. The van der Waals surface area contributed by atoms with Crippen molar-refractivity contribution >= 4 is 21.7 Å². The molecule has 0 spiro atoms. The summed E-state index contributed by atoms with van der Waals surface area (Å²) in [5.74, 6) is 0.782. The number of piperidine rings is 1. The average molecular weight is 450 g/mol. The Hall–Kier alpha value is -2.13. The number of carbonyl (C=O) groups is 1. The maximum absolute atomic E-state index is 12.1. The van der Waals surface area contributed by atoms with Crippen LogP contribution in [0.1, 0.15) is 38.2 Å². The Morgan fingerprint density at radius 1 is 1.16 bits per heavy atom. The highest BCUT2D eigenvalue weighted by Gasteiger charge is 2.29. The van der Waals surface area contributed by atoms with Crippen LogP contribution in [-0.4, -0.2) is 75.0 Å². The second-order valence-corrected chi connectivity index (χ2v) is 10.8. The summed E-state index contributed by atoms with van der Waals surface area (Å²) >= 11 is 0. The fraction of sp³-hybridized carbons (Fsp3) is 0.636. The SMILES string of the molecule is CN=C(NCCC(=O)NC1CCS(=O)(=O)C1)NC1CCN(Cc2ccccc2)C(C)C1. The number of aliphatic imine (C=N–C) groups is 1. The number of benzene rings is 1. The summed E-state index contributed by atoms with van der Waals surface area (Å²) < 4.78 is 23.0. The quantitative estimate of drug-likeness (QED) is 0.422. The van der Waals surface area contributed by atoms with Gasteiger partial charge in [-0.15, -0.1) is 0 Å². The van der Waals surface area contributed by atoms with Gasteiger partial charge in [-0.25, -0.2) is 8.42 Å². The number of nitrogens with one attached hydrogen (secondary N) is 3. The normalized spacial score (nSPS) is 26.4. The molecular weight excluding hydrogens is 414 g/mol. The maximum Gasteiger partial charge on any atom is 0.222 e. The van der Waals surface area contributed by atoms with Crippen molar-refractivity contribution in [1.82, 2.24) is 20.9 Å². The molecule has 3 atom stereocenters. The van der Waals surface area contributed by atoms with E-state index in [0.717, 1.165) is 25.9 Å². The summed E-state index contributed by atoms with van der Waals surface area (Å²) in [6, 6.07) is 11.1. The third kappa shape index (κ3) is 7.50. The number of nitrogens with zero attached hydrogens (tertiary/aromatic N) is 2. The Labute approximate surface area is 185 Å². The molecule has 0 aliphatic carbocycles. The van der Waals surface area contributed by atoms with E-state index in [1.54, 1.807) is 7.05 Å². The molecule has 2 aliphatic rings. The molecule has 2 heterocycles. The van der Waals surface area contributed by atoms with Gasteiger partial charge in [-0.2, -0.15) is 0 Å². The van der Waals surface area contributed by atoms with Crippen LogP contribution in [0.2, 0.25) is 0 Å². The lowest BCUT2D eigenvalue weighted by atomic mass is 9.97. The van der Waals surface area contributed by atoms with Crippen LogP contribution in [0.5, 0.6) is 0 Å². The third-order valence-electron chi connectivity index (χ3n) is 6.05. The molecule has 1 aromatic carbocycles. The van der Waals surface area contributed by atoms with E-state index in [-0.39, 0.29) is 29.9 Å². The van der Waals surface area contributed by atoms with Crippen LogP contribution in [0.15, 0.2) is 35.3 Å². The van der Waals surface area contributed by atoms with Crippen LogP contribution in [0.4, 0.5) is 0 Å². The van der Waals surface area contributed by atoms with E-state index in [2.05, 4.69) is 57.0 Å². The molecule has 8 nitrogen and oxygen atoms in total. The number of hydrogen-bond acceptors (Lipinski definition) is 5. The molecule has 0 radical (unpaired) electrons. The Morgan fingerprint density at radius 2 is 1.94 bits per heavy atom. The van der Waals surface area contributed by atoms with Gasteiger partial charge < -0.3 is 16.0 Å². The van der Waals surface area contributed by atoms with E-state index in [1.807, 2.05) is 6.07 Å². The molecule has 3 N–H and O–H groups in total. The lowest BCUT2D eigenvalue weighted by Gasteiger charge is -2.38. The predicted molar refractivity (Wildman–Crippen MR) is 124 cm³/mol. The number of guanidine groups is 1. The molecule has 2 saturated heterocycles. The largest absolute Gasteiger partial charge is 0.356 e. The summed E-state index contributed by atoms with van der Waals surface area (Å²) in [6.07, 6.45) is 2.85. The van der Waals surface area contributed by atoms with Gasteiger partial charge in [-0.1, -0.05) is 30.3 Å². The van der Waals surface area contributed by atoms with E-state index in [1.165, 1.54) is 5.56 Å². The van der Waals surface area contributed by atoms with Gasteiger partial charge in [0.25, 0.3) is 0 Å². The fourth-order valence-electron chi connectivity index (χ4n) is 4.30. The average Bonchev–Trinajstić information content (AvgIpc) is 3.08. The summed E-state index contributed by atoms with van der Waals surface area (Å²) in [5.41, 5.74) is 1.34. The van der Waals surface area contributed by atoms with Crippen LogP contribution in [-0.2, 0) is 21.2 Å². The van der Waals surface area contributed by atoms with E-state index < -0.39 is 9.84 Å². The standard InChI is InChI=1S/C22H35N5O3S/c1-17-14-19(9-12-27(17)15-18-6-4-3-5-7-18)26-22(23-2)24-11-8-21(28)25-20-10-13-31(29,30)16-20/h3-7,17,19-20H,8-16H2,1-2H3,(H,25,28)(H2,23,24,26). The molecule has 3 rings (SSSR count). The minimum atomic E-state index is -2.98. The van der Waals surface area contributed by atoms with Crippen LogP contribution >= 0.6 is 0 Å². The van der Waals surface area contributed by atoms with Crippen molar-refractivity contribution in [2.45, 2.75) is 57.3 Å². The van der Waals surface area contributed by atoms with E-state index >= 15 is 0 Å². The third-order valence-corrected chi connectivity index (χ3v) is 7.82. The molecule has 2 fully saturated rings. The van der Waals surface area contributed by atoms with Gasteiger partial charge >= 0.3 is 0 Å². The van der Waals surface area contributed by atoms with E-state index in [4.69, 9.17) is 0 Å². The number of rotatable bonds is 7. The Balaban J connectivity index is 1.36. The van der Waals surface area contributed by atoms with Crippen molar-refractivity contribution in [3.63, 3.8) is 0 Å². The van der Waals surface area contributed by atoms with E-state index in [0.29, 0.717) is 31.0 Å². The predicted octanol–water partition coefficient (Wildman–Crippen LogP) is 0.898. The van der Waals surface area contributed by atoms with Crippen LogP contribution in [0.25, 0.3) is 0 Å². The molecule has 1 amide bonds. The van der Waals surface area contributed by atoms with Crippen molar-refractivity contribution in [1.29, 1.82) is 0 Å². The monoisotopic (exact) mass is 449 g/mol. The van der Waals surface area contributed by atoms with Gasteiger partial charge in [0.2, 0.25) is 5.91 Å². The number of carbonyl (C=O) groups excluding carboxylic acids is 1. The highest BCUT2D eigenvalue weighted by Crippen LogP contribution is 2.20. The minimum absolute atomic E-state index is 0.0521. The maximum atomic E-state index is 12.1. The van der Waals surface area contributed by atoms with Crippen molar-refractivity contribution < 1.29 is 13.2 Å². The first kappa shape index (κ1) is 23.5. The molecule has 0 bridgehead atoms. The first-order valence-electron chi connectivity index (χ1n) is 11.1.